The lowest BCUT2D eigenvalue weighted by Crippen LogP contribution is -2.14. The highest BCUT2D eigenvalue weighted by Crippen LogP contribution is 2.27. The highest BCUT2D eigenvalue weighted by atomic mass is 32.1. The first-order valence-electron chi connectivity index (χ1n) is 5.20. The van der Waals surface area contributed by atoms with Crippen molar-refractivity contribution in [3.63, 3.8) is 0 Å². The van der Waals surface area contributed by atoms with Crippen LogP contribution in [0.1, 0.15) is 16.6 Å². The molecule has 1 aromatic carbocycles. The van der Waals surface area contributed by atoms with Crippen molar-refractivity contribution < 1.29 is 14.6 Å². The summed E-state index contributed by atoms with van der Waals surface area (Å²) in [5.74, 6) is -0.411. The number of esters is 1. The fourth-order valence-electron chi connectivity index (χ4n) is 1.43. The van der Waals surface area contributed by atoms with Gasteiger partial charge in [-0.15, -0.1) is 11.3 Å². The summed E-state index contributed by atoms with van der Waals surface area (Å²) in [6, 6.07) is 7.24. The fourth-order valence-corrected chi connectivity index (χ4v) is 2.37. The van der Waals surface area contributed by atoms with E-state index in [1.54, 1.807) is 19.1 Å². The van der Waals surface area contributed by atoms with Gasteiger partial charge in [-0.05, 0) is 36.6 Å². The zero-order valence-corrected chi connectivity index (χ0v) is 10.2. The third-order valence-electron chi connectivity index (χ3n) is 2.20. The van der Waals surface area contributed by atoms with Crippen LogP contribution in [-0.2, 0) is 4.74 Å². The second kappa shape index (κ2) is 4.73. The third kappa shape index (κ3) is 2.75. The zero-order valence-electron chi connectivity index (χ0n) is 9.34. The molecule has 1 aromatic heterocycles. The molecule has 5 heteroatoms. The number of carbonyl (C=O) groups is 1. The van der Waals surface area contributed by atoms with E-state index in [1.807, 2.05) is 12.1 Å². The number of ether oxygens (including phenoxy) is 1. The monoisotopic (exact) mass is 251 g/mol. The van der Waals surface area contributed by atoms with Gasteiger partial charge in [-0.1, -0.05) is 0 Å². The average molecular weight is 251 g/mol. The number of nitrogen functional groups attached to an aromatic ring is 1. The number of aliphatic hydroxyl groups excluding tert-OH is 1. The first-order valence-corrected chi connectivity index (χ1v) is 6.02. The Morgan fingerprint density at radius 1 is 1.53 bits per heavy atom. The molecule has 0 saturated carbocycles. The predicted molar refractivity (Wildman–Crippen MR) is 68.2 cm³/mol. The Labute approximate surface area is 103 Å². The topological polar surface area (TPSA) is 72.5 Å². The number of hydrogen-bond acceptors (Lipinski definition) is 5. The van der Waals surface area contributed by atoms with Gasteiger partial charge >= 0.3 is 5.97 Å². The van der Waals surface area contributed by atoms with Crippen LogP contribution in [0.3, 0.4) is 0 Å². The minimum absolute atomic E-state index is 0.00914. The van der Waals surface area contributed by atoms with Gasteiger partial charge in [0.05, 0.1) is 6.10 Å². The maximum Gasteiger partial charge on any atom is 0.348 e. The molecule has 0 aliphatic carbocycles. The molecule has 0 amide bonds. The number of carbonyl (C=O) groups excluding carboxylic acids is 1. The summed E-state index contributed by atoms with van der Waals surface area (Å²) in [7, 11) is 0. The molecule has 0 fully saturated rings. The summed E-state index contributed by atoms with van der Waals surface area (Å²) in [4.78, 5) is 12.2. The fraction of sp³-hybridized carbons (Fsp3) is 0.250. The Bertz CT molecular complexity index is 548. The van der Waals surface area contributed by atoms with Crippen molar-refractivity contribution in [2.75, 3.05) is 12.3 Å². The third-order valence-corrected chi connectivity index (χ3v) is 3.29. The first kappa shape index (κ1) is 11.9. The highest BCUT2D eigenvalue weighted by Gasteiger charge is 2.12. The molecule has 0 aliphatic rings. The van der Waals surface area contributed by atoms with E-state index in [2.05, 4.69) is 0 Å². The summed E-state index contributed by atoms with van der Waals surface area (Å²) in [5, 5.41) is 9.96. The van der Waals surface area contributed by atoms with Crippen molar-refractivity contribution in [2.45, 2.75) is 13.0 Å². The lowest BCUT2D eigenvalue weighted by molar-refractivity contribution is 0.0301. The summed E-state index contributed by atoms with van der Waals surface area (Å²) in [5.41, 5.74) is 6.33. The molecule has 17 heavy (non-hydrogen) atoms. The molecule has 0 aliphatic heterocycles. The van der Waals surface area contributed by atoms with Crippen LogP contribution < -0.4 is 5.73 Å². The van der Waals surface area contributed by atoms with Gasteiger partial charge in [0.1, 0.15) is 11.5 Å². The van der Waals surface area contributed by atoms with Crippen LogP contribution in [0.25, 0.3) is 10.1 Å². The van der Waals surface area contributed by atoms with Crippen LogP contribution in [0.5, 0.6) is 0 Å². The Morgan fingerprint density at radius 2 is 2.29 bits per heavy atom. The minimum Gasteiger partial charge on any atom is -0.459 e. The van der Waals surface area contributed by atoms with Gasteiger partial charge in [0.25, 0.3) is 0 Å². The van der Waals surface area contributed by atoms with Gasteiger partial charge in [0.15, 0.2) is 0 Å². The van der Waals surface area contributed by atoms with Crippen molar-refractivity contribution in [3.8, 4) is 0 Å². The highest BCUT2D eigenvalue weighted by molar-refractivity contribution is 7.20. The Balaban J connectivity index is 2.21. The van der Waals surface area contributed by atoms with Crippen molar-refractivity contribution in [2.24, 2.45) is 0 Å². The minimum atomic E-state index is -0.649. The van der Waals surface area contributed by atoms with Gasteiger partial charge in [0.2, 0.25) is 0 Å². The molecule has 0 saturated heterocycles. The van der Waals surface area contributed by atoms with E-state index in [4.69, 9.17) is 15.6 Å². The van der Waals surface area contributed by atoms with Crippen molar-refractivity contribution in [1.82, 2.24) is 0 Å². The van der Waals surface area contributed by atoms with Gasteiger partial charge < -0.3 is 15.6 Å². The smallest absolute Gasteiger partial charge is 0.348 e. The molecule has 90 valence electrons. The van der Waals surface area contributed by atoms with Crippen molar-refractivity contribution >= 4 is 33.1 Å². The standard InChI is InChI=1S/C12H13NO3S/c1-7(14)6-16-12(15)11-5-8-4-9(13)2-3-10(8)17-11/h2-5,7,14H,6,13H2,1H3. The van der Waals surface area contributed by atoms with Gasteiger partial charge in [0, 0.05) is 10.4 Å². The molecule has 2 aromatic rings. The molecule has 0 spiro atoms. The number of thiophene rings is 1. The molecule has 2 rings (SSSR count). The quantitative estimate of drug-likeness (QED) is 0.646. The maximum atomic E-state index is 11.6. The van der Waals surface area contributed by atoms with E-state index in [1.165, 1.54) is 11.3 Å². The van der Waals surface area contributed by atoms with Crippen molar-refractivity contribution in [1.29, 1.82) is 0 Å². The van der Waals surface area contributed by atoms with Crippen LogP contribution in [-0.4, -0.2) is 23.8 Å². The van der Waals surface area contributed by atoms with Crippen LogP contribution in [0, 0.1) is 0 Å². The Kier molecular flexibility index (Phi) is 3.31. The number of hydrogen-bond donors (Lipinski definition) is 2. The van der Waals surface area contributed by atoms with E-state index in [9.17, 15) is 4.79 Å². The molecule has 0 radical (unpaired) electrons. The van der Waals surface area contributed by atoms with Crippen molar-refractivity contribution in [3.05, 3.63) is 29.1 Å². The lowest BCUT2D eigenvalue weighted by atomic mass is 10.2. The number of fused-ring (bicyclic) bond motifs is 1. The SMILES string of the molecule is CC(O)COC(=O)c1cc2cc(N)ccc2s1. The second-order valence-electron chi connectivity index (χ2n) is 3.86. The largest absolute Gasteiger partial charge is 0.459 e. The Hall–Kier alpha value is -1.59. The number of anilines is 1. The Morgan fingerprint density at radius 3 is 3.00 bits per heavy atom. The van der Waals surface area contributed by atoms with Crippen LogP contribution in [0.15, 0.2) is 24.3 Å². The van der Waals surface area contributed by atoms with Crippen LogP contribution in [0.2, 0.25) is 0 Å². The number of benzene rings is 1. The number of aliphatic hydroxyl groups is 1. The van der Waals surface area contributed by atoms with E-state index in [-0.39, 0.29) is 6.61 Å². The normalized spacial score (nSPS) is 12.6. The van der Waals surface area contributed by atoms with Crippen LogP contribution in [0.4, 0.5) is 5.69 Å². The molecular weight excluding hydrogens is 238 g/mol. The molecular formula is C12H13NO3S. The van der Waals surface area contributed by atoms with E-state index in [0.29, 0.717) is 10.6 Å². The maximum absolute atomic E-state index is 11.6. The summed E-state index contributed by atoms with van der Waals surface area (Å²) < 4.78 is 5.93. The van der Waals surface area contributed by atoms with Gasteiger partial charge in [-0.25, -0.2) is 4.79 Å². The lowest BCUT2D eigenvalue weighted by Gasteiger charge is -2.04. The molecule has 3 N–H and O–H groups in total. The molecule has 1 heterocycles. The van der Waals surface area contributed by atoms with Gasteiger partial charge in [-0.2, -0.15) is 0 Å². The molecule has 1 atom stereocenters. The zero-order chi connectivity index (χ0) is 12.4. The van der Waals surface area contributed by atoms with E-state index < -0.39 is 12.1 Å². The average Bonchev–Trinajstić information content (AvgIpc) is 2.68. The molecule has 1 unspecified atom stereocenters. The number of nitrogens with two attached hydrogens (primary N) is 1. The summed E-state index contributed by atoms with van der Waals surface area (Å²) in [6.07, 6.45) is -0.649. The summed E-state index contributed by atoms with van der Waals surface area (Å²) >= 11 is 1.35. The van der Waals surface area contributed by atoms with E-state index in [0.717, 1.165) is 10.1 Å². The number of rotatable bonds is 3. The summed E-state index contributed by atoms with van der Waals surface area (Å²) in [6.45, 7) is 1.58. The van der Waals surface area contributed by atoms with Gasteiger partial charge in [-0.3, -0.25) is 0 Å². The van der Waals surface area contributed by atoms with Crippen LogP contribution >= 0.6 is 11.3 Å². The molecule has 0 bridgehead atoms. The van der Waals surface area contributed by atoms with E-state index >= 15 is 0 Å². The molecule has 4 nitrogen and oxygen atoms in total. The second-order valence-corrected chi connectivity index (χ2v) is 4.94. The first-order chi connectivity index (χ1) is 8.06. The predicted octanol–water partition coefficient (Wildman–Crippen LogP) is 2.02.